The summed E-state index contributed by atoms with van der Waals surface area (Å²) >= 11 is 0. The molecule has 2 nitrogen and oxygen atoms in total. The van der Waals surface area contributed by atoms with Crippen molar-refractivity contribution in [3.8, 4) is 0 Å². The van der Waals surface area contributed by atoms with E-state index in [1.54, 1.807) is 0 Å². The van der Waals surface area contributed by atoms with Crippen LogP contribution in [0.25, 0.3) is 39.5 Å². The zero-order valence-electron chi connectivity index (χ0n) is 13.4. The lowest BCUT2D eigenvalue weighted by atomic mass is 10.0. The van der Waals surface area contributed by atoms with E-state index < -0.39 is 0 Å². The smallest absolute Gasteiger partial charge is 0.146 e. The Hall–Kier alpha value is -2.87. The van der Waals surface area contributed by atoms with Gasteiger partial charge in [0.05, 0.1) is 16.9 Å². The van der Waals surface area contributed by atoms with E-state index in [9.17, 15) is 0 Å². The molecular weight excluding hydrogens is 280 g/mol. The Morgan fingerprint density at radius 1 is 1.04 bits per heavy atom. The molecule has 112 valence electrons. The van der Waals surface area contributed by atoms with Crippen molar-refractivity contribution < 1.29 is 0 Å². The number of pyridine rings is 1. The van der Waals surface area contributed by atoms with Crippen LogP contribution in [0.15, 0.2) is 55.1 Å². The Morgan fingerprint density at radius 3 is 2.61 bits per heavy atom. The standard InChI is InChI=1S/C21H18N2/c1-4-9-17-18(5-2)23-19-13-7-6-11-15(19)16-12-8-10-14(3)20(16)21(23)22-17/h4-13H,2H2,1,3H3/b9-4-. The van der Waals surface area contributed by atoms with Crippen LogP contribution in [0.3, 0.4) is 0 Å². The minimum absolute atomic E-state index is 0.961. The molecule has 2 heteroatoms. The van der Waals surface area contributed by atoms with E-state index in [0.29, 0.717) is 0 Å². The summed E-state index contributed by atoms with van der Waals surface area (Å²) in [6, 6.07) is 14.9. The summed E-state index contributed by atoms with van der Waals surface area (Å²) in [6.45, 7) is 8.17. The fraction of sp³-hybridized carbons (Fsp3) is 0.0952. The highest BCUT2D eigenvalue weighted by Crippen LogP contribution is 2.33. The first kappa shape index (κ1) is 13.8. The van der Waals surface area contributed by atoms with Crippen molar-refractivity contribution in [1.82, 2.24) is 9.38 Å². The van der Waals surface area contributed by atoms with Crippen molar-refractivity contribution >= 4 is 39.5 Å². The van der Waals surface area contributed by atoms with Crippen molar-refractivity contribution in [3.05, 3.63) is 72.1 Å². The molecule has 0 amide bonds. The highest BCUT2D eigenvalue weighted by atomic mass is 15.0. The Morgan fingerprint density at radius 2 is 1.83 bits per heavy atom. The molecule has 4 aromatic rings. The number of fused-ring (bicyclic) bond motifs is 6. The molecule has 0 aliphatic heterocycles. The monoisotopic (exact) mass is 298 g/mol. The van der Waals surface area contributed by atoms with Crippen LogP contribution in [0.5, 0.6) is 0 Å². The predicted octanol–water partition coefficient (Wildman–Crippen LogP) is 5.63. The number of hydrogen-bond acceptors (Lipinski definition) is 1. The molecule has 4 rings (SSSR count). The summed E-state index contributed by atoms with van der Waals surface area (Å²) in [6.07, 6.45) is 5.96. The maximum Gasteiger partial charge on any atom is 0.146 e. The summed E-state index contributed by atoms with van der Waals surface area (Å²) in [5.74, 6) is 0. The second kappa shape index (κ2) is 5.10. The average molecular weight is 298 g/mol. The number of hydrogen-bond donors (Lipinski definition) is 0. The van der Waals surface area contributed by atoms with Crippen LogP contribution in [0.1, 0.15) is 23.9 Å². The third-order valence-electron chi connectivity index (χ3n) is 4.39. The first-order valence-corrected chi connectivity index (χ1v) is 7.84. The first-order chi connectivity index (χ1) is 11.3. The van der Waals surface area contributed by atoms with Gasteiger partial charge in [0.25, 0.3) is 0 Å². The second-order valence-corrected chi connectivity index (χ2v) is 5.76. The normalized spacial score (nSPS) is 11.9. The topological polar surface area (TPSA) is 17.3 Å². The van der Waals surface area contributed by atoms with Gasteiger partial charge in [0, 0.05) is 10.8 Å². The summed E-state index contributed by atoms with van der Waals surface area (Å²) in [7, 11) is 0. The molecule has 0 spiro atoms. The second-order valence-electron chi connectivity index (χ2n) is 5.76. The number of nitrogens with zero attached hydrogens (tertiary/aromatic N) is 2. The van der Waals surface area contributed by atoms with Gasteiger partial charge in [-0.25, -0.2) is 4.98 Å². The maximum atomic E-state index is 4.92. The lowest BCUT2D eigenvalue weighted by molar-refractivity contribution is 1.24. The van der Waals surface area contributed by atoms with Crippen LogP contribution in [-0.2, 0) is 0 Å². The number of allylic oxidation sites excluding steroid dienone is 1. The van der Waals surface area contributed by atoms with Crippen LogP contribution < -0.4 is 0 Å². The van der Waals surface area contributed by atoms with Gasteiger partial charge in [-0.2, -0.15) is 0 Å². The number of aryl methyl sites for hydroxylation is 1. The van der Waals surface area contributed by atoms with E-state index in [2.05, 4.69) is 60.4 Å². The highest BCUT2D eigenvalue weighted by Gasteiger charge is 2.15. The molecule has 0 radical (unpaired) electrons. The molecule has 2 aromatic heterocycles. The number of para-hydroxylation sites is 1. The van der Waals surface area contributed by atoms with Gasteiger partial charge in [-0.1, -0.05) is 49.1 Å². The molecule has 0 bridgehead atoms. The van der Waals surface area contributed by atoms with Crippen LogP contribution in [0.4, 0.5) is 0 Å². The summed E-state index contributed by atoms with van der Waals surface area (Å²) in [5, 5.41) is 3.71. The fourth-order valence-corrected chi connectivity index (χ4v) is 3.42. The molecule has 0 aliphatic carbocycles. The molecule has 0 fully saturated rings. The molecule has 23 heavy (non-hydrogen) atoms. The first-order valence-electron chi connectivity index (χ1n) is 7.84. The van der Waals surface area contributed by atoms with Gasteiger partial charge in [-0.3, -0.25) is 4.40 Å². The quantitative estimate of drug-likeness (QED) is 0.439. The molecule has 0 saturated heterocycles. The van der Waals surface area contributed by atoms with Crippen molar-refractivity contribution in [3.63, 3.8) is 0 Å². The van der Waals surface area contributed by atoms with Crippen molar-refractivity contribution in [1.29, 1.82) is 0 Å². The van der Waals surface area contributed by atoms with Crippen LogP contribution in [0, 0.1) is 6.92 Å². The molecule has 0 aliphatic rings. The highest BCUT2D eigenvalue weighted by molar-refractivity contribution is 6.13. The zero-order chi connectivity index (χ0) is 16.0. The third-order valence-corrected chi connectivity index (χ3v) is 4.39. The van der Waals surface area contributed by atoms with Crippen molar-refractivity contribution in [2.75, 3.05) is 0 Å². The summed E-state index contributed by atoms with van der Waals surface area (Å²) < 4.78 is 2.23. The molecule has 0 unspecified atom stereocenters. The molecule has 2 aromatic carbocycles. The minimum atomic E-state index is 0.961. The van der Waals surface area contributed by atoms with E-state index >= 15 is 0 Å². The lowest BCUT2D eigenvalue weighted by Gasteiger charge is -2.11. The Kier molecular flexibility index (Phi) is 3.05. The number of rotatable bonds is 2. The van der Waals surface area contributed by atoms with E-state index in [4.69, 9.17) is 4.98 Å². The zero-order valence-corrected chi connectivity index (χ0v) is 13.4. The molecule has 2 heterocycles. The van der Waals surface area contributed by atoms with E-state index in [1.165, 1.54) is 27.2 Å². The van der Waals surface area contributed by atoms with Crippen LogP contribution in [-0.4, -0.2) is 9.38 Å². The van der Waals surface area contributed by atoms with Crippen molar-refractivity contribution in [2.45, 2.75) is 13.8 Å². The average Bonchev–Trinajstić information content (AvgIpc) is 2.93. The van der Waals surface area contributed by atoms with Gasteiger partial charge in [0.2, 0.25) is 0 Å². The number of imidazole rings is 1. The lowest BCUT2D eigenvalue weighted by Crippen LogP contribution is -1.94. The van der Waals surface area contributed by atoms with Gasteiger partial charge >= 0.3 is 0 Å². The Balaban J connectivity index is 2.41. The molecule has 0 saturated carbocycles. The molecule has 0 N–H and O–H groups in total. The molecular formula is C21H18N2. The van der Waals surface area contributed by atoms with E-state index in [1.807, 2.05) is 25.2 Å². The Bertz CT molecular complexity index is 1100. The van der Waals surface area contributed by atoms with E-state index in [-0.39, 0.29) is 0 Å². The van der Waals surface area contributed by atoms with Crippen molar-refractivity contribution in [2.24, 2.45) is 0 Å². The van der Waals surface area contributed by atoms with Gasteiger partial charge in [-0.05, 0) is 43.0 Å². The predicted molar refractivity (Wildman–Crippen MR) is 99.7 cm³/mol. The van der Waals surface area contributed by atoms with Gasteiger partial charge in [-0.15, -0.1) is 0 Å². The summed E-state index contributed by atoms with van der Waals surface area (Å²) in [5.41, 5.74) is 5.41. The number of benzene rings is 2. The van der Waals surface area contributed by atoms with E-state index in [0.717, 1.165) is 17.0 Å². The van der Waals surface area contributed by atoms with Gasteiger partial charge < -0.3 is 0 Å². The third kappa shape index (κ3) is 1.85. The van der Waals surface area contributed by atoms with Gasteiger partial charge in [0.15, 0.2) is 0 Å². The number of aromatic nitrogens is 2. The largest absolute Gasteiger partial charge is 0.292 e. The van der Waals surface area contributed by atoms with Crippen LogP contribution >= 0.6 is 0 Å². The maximum absolute atomic E-state index is 4.92. The molecule has 0 atom stereocenters. The van der Waals surface area contributed by atoms with Gasteiger partial charge in [0.1, 0.15) is 5.65 Å². The SMILES string of the molecule is C=Cc1c(/C=C\C)nc2c3c(C)cccc3c3ccccc3n12. The minimum Gasteiger partial charge on any atom is -0.292 e. The van der Waals surface area contributed by atoms with Crippen LogP contribution in [0.2, 0.25) is 0 Å². The Labute approximate surface area is 135 Å². The summed E-state index contributed by atoms with van der Waals surface area (Å²) in [4.78, 5) is 4.92. The fourth-order valence-electron chi connectivity index (χ4n) is 3.42.